The standard InChI is InChI=1S/C21H26ClN3O3/c1-27-19-11-18(12-20(13-19)28-2)23-21(26)15-25-9-7-24(8-10-25)14-16-3-5-17(22)6-4-16/h3-6,11-13H,7-10,14-15H2,1-2H3,(H,23,26). The quantitative estimate of drug-likeness (QED) is 0.769. The zero-order chi connectivity index (χ0) is 19.9. The van der Waals surface area contributed by atoms with Crippen molar-refractivity contribution in [2.24, 2.45) is 0 Å². The molecular weight excluding hydrogens is 378 g/mol. The number of hydrogen-bond donors (Lipinski definition) is 1. The highest BCUT2D eigenvalue weighted by Crippen LogP contribution is 2.25. The average Bonchev–Trinajstić information content (AvgIpc) is 2.70. The van der Waals surface area contributed by atoms with Gasteiger partial charge in [-0.2, -0.15) is 0 Å². The Balaban J connectivity index is 1.46. The molecule has 2 aromatic rings. The normalized spacial score (nSPS) is 15.2. The predicted molar refractivity (Wildman–Crippen MR) is 111 cm³/mol. The molecule has 0 unspecified atom stereocenters. The van der Waals surface area contributed by atoms with Gasteiger partial charge in [-0.25, -0.2) is 0 Å². The highest BCUT2D eigenvalue weighted by molar-refractivity contribution is 6.30. The van der Waals surface area contributed by atoms with E-state index in [9.17, 15) is 4.79 Å². The fourth-order valence-electron chi connectivity index (χ4n) is 3.24. The van der Waals surface area contributed by atoms with Crippen molar-refractivity contribution < 1.29 is 14.3 Å². The van der Waals surface area contributed by atoms with Gasteiger partial charge < -0.3 is 14.8 Å². The fourth-order valence-corrected chi connectivity index (χ4v) is 3.36. The second-order valence-corrected chi connectivity index (χ2v) is 7.26. The van der Waals surface area contributed by atoms with Gasteiger partial charge in [-0.1, -0.05) is 23.7 Å². The molecule has 150 valence electrons. The Morgan fingerprint density at radius 3 is 2.11 bits per heavy atom. The minimum atomic E-state index is -0.0403. The number of nitrogens with one attached hydrogen (secondary N) is 1. The summed E-state index contributed by atoms with van der Waals surface area (Å²) in [6.07, 6.45) is 0. The van der Waals surface area contributed by atoms with Crippen LogP contribution in [0.4, 0.5) is 5.69 Å². The van der Waals surface area contributed by atoms with Crippen molar-refractivity contribution in [2.45, 2.75) is 6.54 Å². The number of ether oxygens (including phenoxy) is 2. The molecule has 0 saturated carbocycles. The average molecular weight is 404 g/mol. The van der Waals surface area contributed by atoms with E-state index in [1.54, 1.807) is 32.4 Å². The molecule has 2 aromatic carbocycles. The summed E-state index contributed by atoms with van der Waals surface area (Å²) in [6, 6.07) is 13.3. The Bertz CT molecular complexity index is 768. The lowest BCUT2D eigenvalue weighted by molar-refractivity contribution is -0.117. The van der Waals surface area contributed by atoms with E-state index in [0.29, 0.717) is 23.7 Å². The van der Waals surface area contributed by atoms with Crippen LogP contribution >= 0.6 is 11.6 Å². The molecule has 1 saturated heterocycles. The summed E-state index contributed by atoms with van der Waals surface area (Å²) < 4.78 is 10.5. The monoisotopic (exact) mass is 403 g/mol. The molecule has 0 atom stereocenters. The number of piperazine rings is 1. The van der Waals surface area contributed by atoms with Gasteiger partial charge in [0.15, 0.2) is 0 Å². The molecule has 6 nitrogen and oxygen atoms in total. The third-order valence-corrected chi connectivity index (χ3v) is 5.04. The zero-order valence-electron chi connectivity index (χ0n) is 16.3. The largest absolute Gasteiger partial charge is 0.497 e. The molecular formula is C21H26ClN3O3. The molecule has 1 N–H and O–H groups in total. The van der Waals surface area contributed by atoms with Crippen LogP contribution in [0, 0.1) is 0 Å². The summed E-state index contributed by atoms with van der Waals surface area (Å²) in [5.74, 6) is 1.25. The summed E-state index contributed by atoms with van der Waals surface area (Å²) in [5, 5.41) is 3.69. The van der Waals surface area contributed by atoms with Crippen LogP contribution in [0.1, 0.15) is 5.56 Å². The van der Waals surface area contributed by atoms with Gasteiger partial charge in [0.25, 0.3) is 0 Å². The number of anilines is 1. The van der Waals surface area contributed by atoms with Crippen molar-refractivity contribution in [2.75, 3.05) is 52.3 Å². The van der Waals surface area contributed by atoms with E-state index in [1.807, 2.05) is 12.1 Å². The number of carbonyl (C=O) groups is 1. The molecule has 1 fully saturated rings. The van der Waals surface area contributed by atoms with E-state index in [1.165, 1.54) is 5.56 Å². The van der Waals surface area contributed by atoms with E-state index in [4.69, 9.17) is 21.1 Å². The second-order valence-electron chi connectivity index (χ2n) is 6.83. The zero-order valence-corrected chi connectivity index (χ0v) is 17.0. The number of amides is 1. The van der Waals surface area contributed by atoms with Gasteiger partial charge in [-0.05, 0) is 17.7 Å². The Morgan fingerprint density at radius 2 is 1.54 bits per heavy atom. The number of nitrogens with zero attached hydrogens (tertiary/aromatic N) is 2. The van der Waals surface area contributed by atoms with Crippen LogP contribution in [0.3, 0.4) is 0 Å². The molecule has 1 aliphatic rings. The van der Waals surface area contributed by atoms with Crippen molar-refractivity contribution in [3.8, 4) is 11.5 Å². The third-order valence-electron chi connectivity index (χ3n) is 4.79. The maximum absolute atomic E-state index is 12.4. The minimum Gasteiger partial charge on any atom is -0.497 e. The van der Waals surface area contributed by atoms with Gasteiger partial charge in [0.2, 0.25) is 5.91 Å². The number of benzene rings is 2. The van der Waals surface area contributed by atoms with E-state index in [0.717, 1.165) is 37.7 Å². The van der Waals surface area contributed by atoms with Crippen molar-refractivity contribution in [3.05, 3.63) is 53.1 Å². The van der Waals surface area contributed by atoms with Gasteiger partial charge in [0, 0.05) is 61.6 Å². The topological polar surface area (TPSA) is 54.0 Å². The molecule has 28 heavy (non-hydrogen) atoms. The lowest BCUT2D eigenvalue weighted by Gasteiger charge is -2.34. The smallest absolute Gasteiger partial charge is 0.238 e. The third kappa shape index (κ3) is 5.86. The minimum absolute atomic E-state index is 0.0403. The summed E-state index contributed by atoms with van der Waals surface area (Å²) in [7, 11) is 3.17. The lowest BCUT2D eigenvalue weighted by Crippen LogP contribution is -2.48. The molecule has 1 heterocycles. The van der Waals surface area contributed by atoms with E-state index in [2.05, 4.69) is 27.2 Å². The number of methoxy groups -OCH3 is 2. The number of carbonyl (C=O) groups excluding carboxylic acids is 1. The molecule has 0 aliphatic carbocycles. The van der Waals surface area contributed by atoms with Crippen LogP contribution in [-0.2, 0) is 11.3 Å². The summed E-state index contributed by atoms with van der Waals surface area (Å²) in [5.41, 5.74) is 1.92. The fraction of sp³-hybridized carbons (Fsp3) is 0.381. The molecule has 0 radical (unpaired) electrons. The molecule has 0 bridgehead atoms. The van der Waals surface area contributed by atoms with Gasteiger partial charge in [-0.3, -0.25) is 14.6 Å². The SMILES string of the molecule is COc1cc(NC(=O)CN2CCN(Cc3ccc(Cl)cc3)CC2)cc(OC)c1. The van der Waals surface area contributed by atoms with Crippen molar-refractivity contribution in [1.82, 2.24) is 9.80 Å². The first kappa shape index (κ1) is 20.5. The van der Waals surface area contributed by atoms with Crippen molar-refractivity contribution in [1.29, 1.82) is 0 Å². The summed E-state index contributed by atoms with van der Waals surface area (Å²) in [4.78, 5) is 17.0. The first-order valence-corrected chi connectivity index (χ1v) is 9.65. The van der Waals surface area contributed by atoms with Crippen LogP contribution in [0.15, 0.2) is 42.5 Å². The molecule has 0 spiro atoms. The second kappa shape index (κ2) is 9.78. The van der Waals surface area contributed by atoms with Crippen LogP contribution < -0.4 is 14.8 Å². The van der Waals surface area contributed by atoms with Gasteiger partial charge in [0.1, 0.15) is 11.5 Å². The van der Waals surface area contributed by atoms with E-state index < -0.39 is 0 Å². The van der Waals surface area contributed by atoms with Crippen molar-refractivity contribution in [3.63, 3.8) is 0 Å². The summed E-state index contributed by atoms with van der Waals surface area (Å²) >= 11 is 5.94. The van der Waals surface area contributed by atoms with Crippen LogP contribution in [-0.4, -0.2) is 62.7 Å². The maximum atomic E-state index is 12.4. The Morgan fingerprint density at radius 1 is 0.964 bits per heavy atom. The molecule has 1 aliphatic heterocycles. The van der Waals surface area contributed by atoms with E-state index >= 15 is 0 Å². The molecule has 7 heteroatoms. The highest BCUT2D eigenvalue weighted by Gasteiger charge is 2.19. The number of rotatable bonds is 7. The van der Waals surface area contributed by atoms with Gasteiger partial charge in [-0.15, -0.1) is 0 Å². The van der Waals surface area contributed by atoms with Gasteiger partial charge in [0.05, 0.1) is 20.8 Å². The molecule has 3 rings (SSSR count). The van der Waals surface area contributed by atoms with Gasteiger partial charge >= 0.3 is 0 Å². The predicted octanol–water partition coefficient (Wildman–Crippen LogP) is 3.11. The number of halogens is 1. The van der Waals surface area contributed by atoms with Crippen LogP contribution in [0.25, 0.3) is 0 Å². The van der Waals surface area contributed by atoms with E-state index in [-0.39, 0.29) is 5.91 Å². The lowest BCUT2D eigenvalue weighted by atomic mass is 10.2. The first-order chi connectivity index (χ1) is 13.6. The van der Waals surface area contributed by atoms with Crippen molar-refractivity contribution >= 4 is 23.2 Å². The Kier molecular flexibility index (Phi) is 7.14. The van der Waals surface area contributed by atoms with Crippen LogP contribution in [0.5, 0.6) is 11.5 Å². The first-order valence-electron chi connectivity index (χ1n) is 9.28. The van der Waals surface area contributed by atoms with Crippen LogP contribution in [0.2, 0.25) is 5.02 Å². The maximum Gasteiger partial charge on any atom is 0.238 e. The molecule has 0 aromatic heterocycles. The molecule has 1 amide bonds. The highest BCUT2D eigenvalue weighted by atomic mass is 35.5. The number of hydrogen-bond acceptors (Lipinski definition) is 5. The summed E-state index contributed by atoms with van der Waals surface area (Å²) in [6.45, 7) is 4.87. The Hall–Kier alpha value is -2.28. The Labute approximate surface area is 171 Å².